The van der Waals surface area contributed by atoms with Crippen molar-refractivity contribution < 1.29 is 23.8 Å². The highest BCUT2D eigenvalue weighted by Gasteiger charge is 2.49. The second-order valence-corrected chi connectivity index (χ2v) is 8.02. The molecular weight excluding hydrogens is 446 g/mol. The second-order valence-electron chi connectivity index (χ2n) is 7.61. The van der Waals surface area contributed by atoms with E-state index in [1.54, 1.807) is 18.2 Å². The third-order valence-electron chi connectivity index (χ3n) is 5.54. The third kappa shape index (κ3) is 3.35. The lowest BCUT2D eigenvalue weighted by Gasteiger charge is -2.20. The van der Waals surface area contributed by atoms with Gasteiger partial charge in [-0.3, -0.25) is 14.5 Å². The van der Waals surface area contributed by atoms with Crippen molar-refractivity contribution in [2.45, 2.75) is 13.0 Å². The fraction of sp³-hybridized carbons (Fsp3) is 0.125. The summed E-state index contributed by atoms with van der Waals surface area (Å²) in [6, 6.07) is 12.5. The first kappa shape index (κ1) is 20.8. The van der Waals surface area contributed by atoms with Crippen LogP contribution in [0.1, 0.15) is 22.9 Å². The minimum absolute atomic E-state index is 0.158. The fourth-order valence-corrected chi connectivity index (χ4v) is 4.16. The van der Waals surface area contributed by atoms with E-state index in [9.17, 15) is 14.7 Å². The van der Waals surface area contributed by atoms with E-state index in [1.165, 1.54) is 30.4 Å². The van der Waals surface area contributed by atoms with Crippen molar-refractivity contribution in [2.75, 3.05) is 12.0 Å². The SMILES string of the molecule is COc1ccc(Cl)c(/C(O)=C2\C(=O)C(=O)N(c3nc4ccc(C)cc4[nH]3)C2c2ccco2)c1. The molecule has 5 rings (SSSR count). The Labute approximate surface area is 193 Å². The van der Waals surface area contributed by atoms with Gasteiger partial charge in [0.1, 0.15) is 23.3 Å². The number of ketones is 1. The molecule has 9 heteroatoms. The summed E-state index contributed by atoms with van der Waals surface area (Å²) in [5.41, 5.74) is 2.34. The molecule has 166 valence electrons. The van der Waals surface area contributed by atoms with Crippen LogP contribution in [0.2, 0.25) is 5.02 Å². The number of fused-ring (bicyclic) bond motifs is 1. The predicted octanol–water partition coefficient (Wildman–Crippen LogP) is 4.75. The number of nitrogens with zero attached hydrogens (tertiary/aromatic N) is 2. The summed E-state index contributed by atoms with van der Waals surface area (Å²) < 4.78 is 10.8. The number of aliphatic hydroxyl groups excluding tert-OH is 1. The number of nitrogens with one attached hydrogen (secondary N) is 1. The van der Waals surface area contributed by atoms with Gasteiger partial charge >= 0.3 is 5.91 Å². The molecule has 3 heterocycles. The molecule has 1 fully saturated rings. The number of carbonyl (C=O) groups excluding carboxylic acids is 2. The molecule has 1 unspecified atom stereocenters. The van der Waals surface area contributed by atoms with Crippen molar-refractivity contribution in [3.8, 4) is 5.75 Å². The van der Waals surface area contributed by atoms with Crippen LogP contribution in [-0.2, 0) is 9.59 Å². The Balaban J connectivity index is 1.73. The van der Waals surface area contributed by atoms with Crippen LogP contribution < -0.4 is 9.64 Å². The average molecular weight is 464 g/mol. The van der Waals surface area contributed by atoms with Crippen LogP contribution in [0.5, 0.6) is 5.75 Å². The van der Waals surface area contributed by atoms with E-state index in [0.717, 1.165) is 5.56 Å². The first-order chi connectivity index (χ1) is 15.9. The number of ether oxygens (including phenoxy) is 1. The molecule has 1 saturated heterocycles. The number of benzene rings is 2. The zero-order valence-corrected chi connectivity index (χ0v) is 18.4. The number of aromatic amines is 1. The Hall–Kier alpha value is -4.04. The smallest absolute Gasteiger partial charge is 0.302 e. The molecule has 0 saturated carbocycles. The van der Waals surface area contributed by atoms with Gasteiger partial charge in [0.15, 0.2) is 0 Å². The lowest BCUT2D eigenvalue weighted by molar-refractivity contribution is -0.132. The Bertz CT molecular complexity index is 1440. The maximum atomic E-state index is 13.2. The summed E-state index contributed by atoms with van der Waals surface area (Å²) in [5, 5.41) is 11.4. The summed E-state index contributed by atoms with van der Waals surface area (Å²) in [5.74, 6) is -1.30. The topological polar surface area (TPSA) is 109 Å². The molecule has 8 nitrogen and oxygen atoms in total. The van der Waals surface area contributed by atoms with E-state index < -0.39 is 23.5 Å². The number of Topliss-reactive ketones (excluding diaryl/α,β-unsaturated/α-hetero) is 1. The number of carbonyl (C=O) groups is 2. The zero-order chi connectivity index (χ0) is 23.3. The largest absolute Gasteiger partial charge is 0.507 e. The molecule has 1 atom stereocenters. The quantitative estimate of drug-likeness (QED) is 0.257. The minimum Gasteiger partial charge on any atom is -0.507 e. The van der Waals surface area contributed by atoms with E-state index in [-0.39, 0.29) is 27.9 Å². The van der Waals surface area contributed by atoms with Gasteiger partial charge in [-0.2, -0.15) is 0 Å². The van der Waals surface area contributed by atoms with Gasteiger partial charge in [-0.05, 0) is 55.0 Å². The third-order valence-corrected chi connectivity index (χ3v) is 5.87. The Morgan fingerprint density at radius 1 is 1.21 bits per heavy atom. The lowest BCUT2D eigenvalue weighted by atomic mass is 9.99. The molecule has 2 aromatic carbocycles. The second kappa shape index (κ2) is 7.83. The van der Waals surface area contributed by atoms with Gasteiger partial charge < -0.3 is 19.2 Å². The van der Waals surface area contributed by atoms with Crippen LogP contribution >= 0.6 is 11.6 Å². The van der Waals surface area contributed by atoms with Crippen LogP contribution in [0, 0.1) is 6.92 Å². The molecule has 0 bridgehead atoms. The highest BCUT2D eigenvalue weighted by Crippen LogP contribution is 2.43. The molecule has 33 heavy (non-hydrogen) atoms. The number of hydrogen-bond acceptors (Lipinski definition) is 6. The summed E-state index contributed by atoms with van der Waals surface area (Å²) in [4.78, 5) is 35.1. The Morgan fingerprint density at radius 3 is 2.76 bits per heavy atom. The summed E-state index contributed by atoms with van der Waals surface area (Å²) in [7, 11) is 1.47. The van der Waals surface area contributed by atoms with Gasteiger partial charge in [0.25, 0.3) is 5.78 Å². The van der Waals surface area contributed by atoms with Crippen molar-refractivity contribution in [3.05, 3.63) is 82.3 Å². The van der Waals surface area contributed by atoms with Gasteiger partial charge in [0, 0.05) is 5.56 Å². The first-order valence-electron chi connectivity index (χ1n) is 10.0. The van der Waals surface area contributed by atoms with Gasteiger partial charge in [-0.15, -0.1) is 0 Å². The Kier molecular flexibility index (Phi) is 4.94. The number of imidazole rings is 1. The molecule has 2 aromatic heterocycles. The molecule has 1 aliphatic heterocycles. The molecule has 0 aliphatic carbocycles. The monoisotopic (exact) mass is 463 g/mol. The molecule has 0 radical (unpaired) electrons. The van der Waals surface area contributed by atoms with Crippen LogP contribution in [0.4, 0.5) is 5.95 Å². The number of methoxy groups -OCH3 is 1. The number of aliphatic hydroxyl groups is 1. The maximum Gasteiger partial charge on any atom is 0.302 e. The summed E-state index contributed by atoms with van der Waals surface area (Å²) >= 11 is 6.30. The van der Waals surface area contributed by atoms with E-state index in [1.807, 2.05) is 25.1 Å². The van der Waals surface area contributed by atoms with E-state index in [2.05, 4.69) is 9.97 Å². The number of rotatable bonds is 4. The van der Waals surface area contributed by atoms with Crippen LogP contribution in [0.25, 0.3) is 16.8 Å². The highest BCUT2D eigenvalue weighted by molar-refractivity contribution is 6.51. The number of amides is 1. The number of halogens is 1. The van der Waals surface area contributed by atoms with Gasteiger partial charge in [-0.25, -0.2) is 4.98 Å². The van der Waals surface area contributed by atoms with Gasteiger partial charge in [0.05, 0.1) is 35.0 Å². The van der Waals surface area contributed by atoms with Crippen molar-refractivity contribution in [1.82, 2.24) is 9.97 Å². The van der Waals surface area contributed by atoms with Crippen molar-refractivity contribution in [2.24, 2.45) is 0 Å². The zero-order valence-electron chi connectivity index (χ0n) is 17.6. The molecule has 0 spiro atoms. The van der Waals surface area contributed by atoms with Crippen molar-refractivity contribution in [3.63, 3.8) is 0 Å². The first-order valence-corrected chi connectivity index (χ1v) is 10.4. The number of aryl methyl sites for hydroxylation is 1. The molecule has 4 aromatic rings. The van der Waals surface area contributed by atoms with E-state index in [0.29, 0.717) is 16.8 Å². The van der Waals surface area contributed by atoms with Crippen molar-refractivity contribution in [1.29, 1.82) is 0 Å². The summed E-state index contributed by atoms with van der Waals surface area (Å²) in [6.45, 7) is 1.94. The van der Waals surface area contributed by atoms with Gasteiger partial charge in [0.2, 0.25) is 5.95 Å². The van der Waals surface area contributed by atoms with Crippen LogP contribution in [-0.4, -0.2) is 33.9 Å². The van der Waals surface area contributed by atoms with E-state index in [4.69, 9.17) is 20.8 Å². The summed E-state index contributed by atoms with van der Waals surface area (Å²) in [6.07, 6.45) is 1.43. The maximum absolute atomic E-state index is 13.2. The number of anilines is 1. The highest BCUT2D eigenvalue weighted by atomic mass is 35.5. The standard InChI is InChI=1S/C24H18ClN3O5/c1-12-5-8-16-17(10-12)27-24(26-16)28-20(18-4-3-9-33-18)19(22(30)23(28)31)21(29)14-11-13(32-2)6-7-15(14)25/h3-11,20,29H,1-2H3,(H,26,27)/b21-19+. The number of H-pyrrole nitrogens is 1. The van der Waals surface area contributed by atoms with Crippen LogP contribution in [0.3, 0.4) is 0 Å². The number of aromatic nitrogens is 2. The minimum atomic E-state index is -1.05. The Morgan fingerprint density at radius 2 is 2.03 bits per heavy atom. The predicted molar refractivity (Wildman–Crippen MR) is 122 cm³/mol. The van der Waals surface area contributed by atoms with Gasteiger partial charge in [-0.1, -0.05) is 17.7 Å². The average Bonchev–Trinajstić information content (AvgIpc) is 3.52. The molecular formula is C24H18ClN3O5. The fourth-order valence-electron chi connectivity index (χ4n) is 3.95. The molecule has 1 aliphatic rings. The van der Waals surface area contributed by atoms with E-state index >= 15 is 0 Å². The lowest BCUT2D eigenvalue weighted by Crippen LogP contribution is -2.30. The molecule has 2 N–H and O–H groups in total. The van der Waals surface area contributed by atoms with Crippen molar-refractivity contribution >= 4 is 46.0 Å². The van der Waals surface area contributed by atoms with Crippen LogP contribution in [0.15, 0.2) is 64.8 Å². The normalized spacial score (nSPS) is 17.8. The number of hydrogen-bond donors (Lipinski definition) is 2. The number of furan rings is 1. The molecule has 1 amide bonds.